The van der Waals surface area contributed by atoms with Gasteiger partial charge >= 0.3 is 0 Å². The van der Waals surface area contributed by atoms with E-state index in [2.05, 4.69) is 45.6 Å². The second kappa shape index (κ2) is 8.93. The summed E-state index contributed by atoms with van der Waals surface area (Å²) in [7, 11) is 0. The highest BCUT2D eigenvalue weighted by molar-refractivity contribution is 7.15. The summed E-state index contributed by atoms with van der Waals surface area (Å²) in [6.07, 6.45) is 2.98. The molecule has 3 heterocycles. The average Bonchev–Trinajstić information content (AvgIpc) is 3.43. The lowest BCUT2D eigenvalue weighted by atomic mass is 10.1. The van der Waals surface area contributed by atoms with Crippen LogP contribution in [-0.4, -0.2) is 51.6 Å². The molecule has 1 aliphatic heterocycles. The zero-order chi connectivity index (χ0) is 21.1. The van der Waals surface area contributed by atoms with Crippen LogP contribution in [0.15, 0.2) is 24.4 Å². The fraction of sp³-hybridized carbons (Fsp3) is 0.429. The molecule has 30 heavy (non-hydrogen) atoms. The molecule has 8 nitrogen and oxygen atoms in total. The van der Waals surface area contributed by atoms with E-state index in [0.29, 0.717) is 36.4 Å². The van der Waals surface area contributed by atoms with E-state index in [4.69, 9.17) is 4.74 Å². The number of nitrogens with one attached hydrogen (secondary N) is 2. The molecular formula is C21H25N5O3S. The van der Waals surface area contributed by atoms with Crippen molar-refractivity contribution in [3.05, 3.63) is 40.5 Å². The summed E-state index contributed by atoms with van der Waals surface area (Å²) < 4.78 is 5.30. The molecule has 0 aliphatic carbocycles. The SMILES string of the molecule is CCOCc1nnc(NC(=O)[C@H]2CC(=O)N(CCc3c[nH]c4ccc(C)cc34)C2)s1. The van der Waals surface area contributed by atoms with Gasteiger partial charge in [-0.25, -0.2) is 0 Å². The number of hydrogen-bond donors (Lipinski definition) is 2. The molecule has 2 amide bonds. The molecule has 4 rings (SSSR count). The van der Waals surface area contributed by atoms with Crippen LogP contribution < -0.4 is 5.32 Å². The number of H-pyrrole nitrogens is 1. The van der Waals surface area contributed by atoms with Gasteiger partial charge in [0, 0.05) is 43.2 Å². The number of aromatic nitrogens is 3. The van der Waals surface area contributed by atoms with Crippen molar-refractivity contribution >= 4 is 39.2 Å². The Morgan fingerprint density at radius 1 is 1.40 bits per heavy atom. The van der Waals surface area contributed by atoms with Gasteiger partial charge < -0.3 is 19.9 Å². The van der Waals surface area contributed by atoms with E-state index in [1.54, 1.807) is 4.90 Å². The highest BCUT2D eigenvalue weighted by Crippen LogP contribution is 2.24. The van der Waals surface area contributed by atoms with Crippen molar-refractivity contribution < 1.29 is 14.3 Å². The third-order valence-electron chi connectivity index (χ3n) is 5.29. The summed E-state index contributed by atoms with van der Waals surface area (Å²) in [5, 5.41) is 13.1. The monoisotopic (exact) mass is 427 g/mol. The number of carbonyl (C=O) groups is 2. The number of benzene rings is 1. The predicted octanol–water partition coefficient (Wildman–Crippen LogP) is 2.89. The maximum atomic E-state index is 12.6. The Labute approximate surface area is 178 Å². The number of carbonyl (C=O) groups excluding carboxylic acids is 2. The first-order chi connectivity index (χ1) is 14.5. The third kappa shape index (κ3) is 4.52. The van der Waals surface area contributed by atoms with Crippen LogP contribution in [0.3, 0.4) is 0 Å². The molecule has 1 aliphatic rings. The second-order valence-electron chi connectivity index (χ2n) is 7.48. The molecule has 1 saturated heterocycles. The van der Waals surface area contributed by atoms with E-state index in [1.807, 2.05) is 13.1 Å². The van der Waals surface area contributed by atoms with Gasteiger partial charge in [0.25, 0.3) is 0 Å². The van der Waals surface area contributed by atoms with Crippen LogP contribution in [0.25, 0.3) is 10.9 Å². The van der Waals surface area contributed by atoms with Gasteiger partial charge in [-0.1, -0.05) is 23.0 Å². The van der Waals surface area contributed by atoms with Crippen LogP contribution in [0.4, 0.5) is 5.13 Å². The smallest absolute Gasteiger partial charge is 0.231 e. The Hall–Kier alpha value is -2.78. The molecule has 3 aromatic rings. The minimum atomic E-state index is -0.373. The van der Waals surface area contributed by atoms with E-state index in [-0.39, 0.29) is 24.2 Å². The zero-order valence-electron chi connectivity index (χ0n) is 17.1. The molecule has 9 heteroatoms. The number of hydrogen-bond acceptors (Lipinski definition) is 6. The highest BCUT2D eigenvalue weighted by atomic mass is 32.1. The van der Waals surface area contributed by atoms with E-state index < -0.39 is 0 Å². The van der Waals surface area contributed by atoms with Crippen molar-refractivity contribution in [1.82, 2.24) is 20.1 Å². The number of anilines is 1. The number of ether oxygens (including phenoxy) is 1. The van der Waals surface area contributed by atoms with E-state index in [0.717, 1.165) is 11.9 Å². The molecule has 1 fully saturated rings. The fourth-order valence-electron chi connectivity index (χ4n) is 3.68. The first-order valence-electron chi connectivity index (χ1n) is 10.1. The number of rotatable bonds is 8. The van der Waals surface area contributed by atoms with Gasteiger partial charge in [-0.05, 0) is 38.0 Å². The molecular weight excluding hydrogens is 402 g/mol. The molecule has 1 aromatic carbocycles. The Bertz CT molecular complexity index is 1060. The van der Waals surface area contributed by atoms with Gasteiger partial charge in [0.05, 0.1) is 5.92 Å². The lowest BCUT2D eigenvalue weighted by Gasteiger charge is -2.16. The standard InChI is InChI=1S/C21H25N5O3S/c1-3-29-12-18-24-25-21(30-18)23-20(28)15-9-19(27)26(11-15)7-6-14-10-22-17-5-4-13(2)8-16(14)17/h4-5,8,10,15,22H,3,6-7,9,11-12H2,1-2H3,(H,23,25,28)/t15-/m0/s1. The number of amides is 2. The van der Waals surface area contributed by atoms with Crippen LogP contribution in [0, 0.1) is 12.8 Å². The largest absolute Gasteiger partial charge is 0.374 e. The van der Waals surface area contributed by atoms with Crippen molar-refractivity contribution in [3.8, 4) is 0 Å². The Balaban J connectivity index is 1.32. The number of nitrogens with zero attached hydrogens (tertiary/aromatic N) is 3. The van der Waals surface area contributed by atoms with E-state index >= 15 is 0 Å². The van der Waals surface area contributed by atoms with Gasteiger partial charge in [-0.2, -0.15) is 0 Å². The first kappa shape index (κ1) is 20.5. The van der Waals surface area contributed by atoms with Crippen molar-refractivity contribution in [2.24, 2.45) is 5.92 Å². The van der Waals surface area contributed by atoms with Gasteiger partial charge in [-0.15, -0.1) is 10.2 Å². The van der Waals surface area contributed by atoms with Crippen LogP contribution in [0.2, 0.25) is 0 Å². The molecule has 0 unspecified atom stereocenters. The molecule has 0 saturated carbocycles. The van der Waals surface area contributed by atoms with Gasteiger partial charge in [0.15, 0.2) is 0 Å². The van der Waals surface area contributed by atoms with Crippen LogP contribution in [0.5, 0.6) is 0 Å². The first-order valence-corrected chi connectivity index (χ1v) is 10.9. The number of aromatic amines is 1. The summed E-state index contributed by atoms with van der Waals surface area (Å²) in [5.74, 6) is -0.546. The summed E-state index contributed by atoms with van der Waals surface area (Å²) in [4.78, 5) is 30.1. The quantitative estimate of drug-likeness (QED) is 0.576. The van der Waals surface area contributed by atoms with Gasteiger partial charge in [0.1, 0.15) is 11.6 Å². The Morgan fingerprint density at radius 3 is 3.10 bits per heavy atom. The van der Waals surface area contributed by atoms with Crippen LogP contribution in [-0.2, 0) is 27.4 Å². The molecule has 0 bridgehead atoms. The Kier molecular flexibility index (Phi) is 6.10. The topological polar surface area (TPSA) is 100 Å². The number of likely N-dealkylation sites (tertiary alicyclic amines) is 1. The zero-order valence-corrected chi connectivity index (χ0v) is 17.9. The molecule has 0 radical (unpaired) electrons. The summed E-state index contributed by atoms with van der Waals surface area (Å²) >= 11 is 1.29. The van der Waals surface area contributed by atoms with Crippen LogP contribution in [0.1, 0.15) is 29.5 Å². The summed E-state index contributed by atoms with van der Waals surface area (Å²) in [6.45, 7) is 5.98. The lowest BCUT2D eigenvalue weighted by Crippen LogP contribution is -2.30. The minimum Gasteiger partial charge on any atom is -0.374 e. The number of aryl methyl sites for hydroxylation is 1. The highest BCUT2D eigenvalue weighted by Gasteiger charge is 2.34. The fourth-order valence-corrected chi connectivity index (χ4v) is 4.36. The lowest BCUT2D eigenvalue weighted by molar-refractivity contribution is -0.128. The third-order valence-corrected chi connectivity index (χ3v) is 6.10. The van der Waals surface area contributed by atoms with Gasteiger partial charge in [0.2, 0.25) is 16.9 Å². The van der Waals surface area contributed by atoms with E-state index in [9.17, 15) is 9.59 Å². The molecule has 2 N–H and O–H groups in total. The Morgan fingerprint density at radius 2 is 2.27 bits per heavy atom. The molecule has 0 spiro atoms. The van der Waals surface area contributed by atoms with Gasteiger partial charge in [-0.3, -0.25) is 9.59 Å². The van der Waals surface area contributed by atoms with E-state index in [1.165, 1.54) is 27.8 Å². The second-order valence-corrected chi connectivity index (χ2v) is 8.54. The summed E-state index contributed by atoms with van der Waals surface area (Å²) in [5.41, 5.74) is 3.49. The summed E-state index contributed by atoms with van der Waals surface area (Å²) in [6, 6.07) is 6.31. The predicted molar refractivity (Wildman–Crippen MR) is 115 cm³/mol. The maximum absolute atomic E-state index is 12.6. The van der Waals surface area contributed by atoms with Crippen molar-refractivity contribution in [3.63, 3.8) is 0 Å². The van der Waals surface area contributed by atoms with Crippen LogP contribution >= 0.6 is 11.3 Å². The maximum Gasteiger partial charge on any atom is 0.231 e. The van der Waals surface area contributed by atoms with Crippen molar-refractivity contribution in [2.75, 3.05) is 25.0 Å². The van der Waals surface area contributed by atoms with Crippen molar-refractivity contribution in [1.29, 1.82) is 0 Å². The minimum absolute atomic E-state index is 0.0143. The van der Waals surface area contributed by atoms with Crippen molar-refractivity contribution in [2.45, 2.75) is 33.3 Å². The normalized spacial score (nSPS) is 16.5. The average molecular weight is 428 g/mol. The molecule has 158 valence electrons. The molecule has 2 aromatic heterocycles. The number of fused-ring (bicyclic) bond motifs is 1. The molecule has 1 atom stereocenters.